The molecule has 8 atom stereocenters. The van der Waals surface area contributed by atoms with Crippen LogP contribution in [-0.4, -0.2) is 121 Å². The molecule has 2 aromatic rings. The molecule has 0 bridgehead atoms. The molecule has 7 N–H and O–H groups in total. The van der Waals surface area contributed by atoms with Gasteiger partial charge in [-0.1, -0.05) is 0 Å². The minimum Gasteiger partial charge on any atom is -0.502 e. The van der Waals surface area contributed by atoms with Crippen LogP contribution in [0.2, 0.25) is 0 Å². The summed E-state index contributed by atoms with van der Waals surface area (Å²) in [6, 6.07) is 4.55. The van der Waals surface area contributed by atoms with Gasteiger partial charge in [-0.2, -0.15) is 0 Å². The Morgan fingerprint density at radius 2 is 1.32 bits per heavy atom. The third kappa shape index (κ3) is 5.51. The number of phenolic OH excluding ortho intramolecular Hbond substituents is 2. The number of aliphatic hydroxyl groups excluding tert-OH is 5. The highest BCUT2D eigenvalue weighted by Crippen LogP contribution is 2.55. The molecule has 2 aliphatic rings. The van der Waals surface area contributed by atoms with E-state index in [1.54, 1.807) is 12.1 Å². The lowest BCUT2D eigenvalue weighted by atomic mass is 9.75. The van der Waals surface area contributed by atoms with E-state index in [0.29, 0.717) is 11.1 Å². The number of ether oxygens (including phenoxy) is 7. The van der Waals surface area contributed by atoms with Gasteiger partial charge in [-0.25, -0.2) is 0 Å². The highest BCUT2D eigenvalue weighted by atomic mass is 16.7. The second-order valence-electron chi connectivity index (χ2n) is 9.66. The lowest BCUT2D eigenvalue weighted by molar-refractivity contribution is -0.304. The summed E-state index contributed by atoms with van der Waals surface area (Å²) >= 11 is 0. The average molecular weight is 585 g/mol. The number of hydrogen-bond acceptors (Lipinski definition) is 14. The van der Waals surface area contributed by atoms with Crippen molar-refractivity contribution >= 4 is 0 Å². The first kappa shape index (κ1) is 30.7. The normalized spacial score (nSPS) is 29.3. The van der Waals surface area contributed by atoms with Gasteiger partial charge >= 0.3 is 0 Å². The second-order valence-corrected chi connectivity index (χ2v) is 9.66. The fourth-order valence-electron chi connectivity index (χ4n) is 5.34. The number of methoxy groups -OCH3 is 4. The second kappa shape index (κ2) is 12.7. The topological polar surface area (TPSA) is 206 Å². The van der Waals surface area contributed by atoms with Gasteiger partial charge in [-0.05, 0) is 17.7 Å². The molecule has 14 nitrogen and oxygen atoms in total. The average Bonchev–Trinajstić information content (AvgIpc) is 2.98. The zero-order valence-corrected chi connectivity index (χ0v) is 23.0. The fraction of sp³-hybridized carbons (Fsp3) is 0.556. The van der Waals surface area contributed by atoms with E-state index in [-0.39, 0.29) is 46.9 Å². The van der Waals surface area contributed by atoms with E-state index in [9.17, 15) is 35.7 Å². The van der Waals surface area contributed by atoms with Crippen molar-refractivity contribution in [2.75, 3.05) is 48.3 Å². The predicted molar refractivity (Wildman–Crippen MR) is 139 cm³/mol. The number of hydrogen-bond donors (Lipinski definition) is 7. The van der Waals surface area contributed by atoms with Crippen molar-refractivity contribution in [1.29, 1.82) is 0 Å². The summed E-state index contributed by atoms with van der Waals surface area (Å²) in [4.78, 5) is 0. The molecular weight excluding hydrogens is 548 g/mol. The summed E-state index contributed by atoms with van der Waals surface area (Å²) in [7, 11) is 5.44. The van der Waals surface area contributed by atoms with Gasteiger partial charge in [-0.15, -0.1) is 0 Å². The number of benzene rings is 2. The Bertz CT molecular complexity index is 1180. The van der Waals surface area contributed by atoms with Crippen molar-refractivity contribution < 1.29 is 68.9 Å². The molecule has 1 fully saturated rings. The van der Waals surface area contributed by atoms with Gasteiger partial charge in [0.05, 0.1) is 48.3 Å². The standard InChI is InChI=1S/C27H36O14/c1-35-14-5-11(6-15(36-2)21(14)30)19-12(10-39-27-25(34)24(33)22(31)18(9-29)41-27)17(8-28)40-13-7-16(37-3)23(32)26(38-4)20(13)19/h5-7,12,17-19,22,24-25,27-34H,8-10H2,1-4H3. The van der Waals surface area contributed by atoms with Crippen LogP contribution in [0.5, 0.6) is 40.2 Å². The lowest BCUT2D eigenvalue weighted by Crippen LogP contribution is -2.59. The Morgan fingerprint density at radius 3 is 1.85 bits per heavy atom. The highest BCUT2D eigenvalue weighted by Gasteiger charge is 2.47. The maximum atomic E-state index is 10.9. The number of aliphatic hydroxyl groups is 5. The predicted octanol–water partition coefficient (Wildman–Crippen LogP) is -0.550. The summed E-state index contributed by atoms with van der Waals surface area (Å²) in [6.07, 6.45) is -8.47. The molecule has 0 spiro atoms. The lowest BCUT2D eigenvalue weighted by Gasteiger charge is -2.43. The molecule has 41 heavy (non-hydrogen) atoms. The van der Waals surface area contributed by atoms with Crippen molar-refractivity contribution in [2.24, 2.45) is 5.92 Å². The molecule has 2 aromatic carbocycles. The monoisotopic (exact) mass is 584 g/mol. The highest BCUT2D eigenvalue weighted by molar-refractivity contribution is 5.66. The maximum absolute atomic E-state index is 10.9. The molecule has 4 rings (SSSR count). The van der Waals surface area contributed by atoms with E-state index >= 15 is 0 Å². The van der Waals surface area contributed by atoms with E-state index in [0.717, 1.165) is 0 Å². The van der Waals surface area contributed by atoms with Crippen LogP contribution in [0.15, 0.2) is 18.2 Å². The van der Waals surface area contributed by atoms with Gasteiger partial charge < -0.3 is 68.9 Å². The van der Waals surface area contributed by atoms with Gasteiger partial charge in [0.2, 0.25) is 11.5 Å². The smallest absolute Gasteiger partial charge is 0.201 e. The molecule has 228 valence electrons. The minimum absolute atomic E-state index is 0.0181. The van der Waals surface area contributed by atoms with E-state index in [1.165, 1.54) is 34.5 Å². The Balaban J connectivity index is 1.85. The summed E-state index contributed by atoms with van der Waals surface area (Å²) in [5.41, 5.74) is 0.845. The van der Waals surface area contributed by atoms with Gasteiger partial charge in [0.1, 0.15) is 36.3 Å². The SMILES string of the molecule is COc1cc(C2c3c(cc(OC)c(O)c3OC)OC(CO)C2COC2OC(CO)C(O)C(O)C2O)cc(OC)c1O. The quantitative estimate of drug-likeness (QED) is 0.187. The van der Waals surface area contributed by atoms with E-state index in [2.05, 4.69) is 0 Å². The van der Waals surface area contributed by atoms with Gasteiger partial charge in [0.25, 0.3) is 0 Å². The fourth-order valence-corrected chi connectivity index (χ4v) is 5.34. The molecule has 0 radical (unpaired) electrons. The molecule has 14 heteroatoms. The van der Waals surface area contributed by atoms with Gasteiger partial charge in [-0.3, -0.25) is 0 Å². The van der Waals surface area contributed by atoms with E-state index in [1.807, 2.05) is 0 Å². The molecule has 2 aliphatic heterocycles. The third-order valence-electron chi connectivity index (χ3n) is 7.48. The summed E-state index contributed by atoms with van der Waals surface area (Å²) in [5, 5.41) is 72.3. The van der Waals surface area contributed by atoms with E-state index < -0.39 is 61.9 Å². The van der Waals surface area contributed by atoms with Crippen LogP contribution in [0.1, 0.15) is 17.0 Å². The van der Waals surface area contributed by atoms with Crippen LogP contribution in [0.25, 0.3) is 0 Å². The molecule has 0 aliphatic carbocycles. The molecule has 1 saturated heterocycles. The Hall–Kier alpha value is -3.24. The number of rotatable bonds is 10. The molecule has 0 saturated carbocycles. The van der Waals surface area contributed by atoms with Crippen molar-refractivity contribution in [3.8, 4) is 40.2 Å². The first-order valence-corrected chi connectivity index (χ1v) is 12.8. The number of phenols is 2. The Kier molecular flexibility index (Phi) is 9.54. The van der Waals surface area contributed by atoms with E-state index in [4.69, 9.17) is 33.2 Å². The summed E-state index contributed by atoms with van der Waals surface area (Å²) in [6.45, 7) is -1.39. The molecule has 0 amide bonds. The van der Waals surface area contributed by atoms with Crippen LogP contribution in [0.4, 0.5) is 0 Å². The summed E-state index contributed by atoms with van der Waals surface area (Å²) < 4.78 is 39.1. The minimum atomic E-state index is -1.66. The number of aromatic hydroxyl groups is 2. The van der Waals surface area contributed by atoms with Crippen LogP contribution >= 0.6 is 0 Å². The van der Waals surface area contributed by atoms with Crippen molar-refractivity contribution in [2.45, 2.75) is 42.7 Å². The van der Waals surface area contributed by atoms with Gasteiger partial charge in [0.15, 0.2) is 29.3 Å². The Morgan fingerprint density at radius 1 is 0.732 bits per heavy atom. The maximum Gasteiger partial charge on any atom is 0.201 e. The van der Waals surface area contributed by atoms with Crippen LogP contribution in [0.3, 0.4) is 0 Å². The molecule has 2 heterocycles. The summed E-state index contributed by atoms with van der Waals surface area (Å²) in [5.74, 6) is -1.64. The van der Waals surface area contributed by atoms with Crippen molar-refractivity contribution in [3.05, 3.63) is 29.3 Å². The van der Waals surface area contributed by atoms with Crippen molar-refractivity contribution in [3.63, 3.8) is 0 Å². The van der Waals surface area contributed by atoms with Crippen LogP contribution in [-0.2, 0) is 9.47 Å². The first-order chi connectivity index (χ1) is 19.6. The molecule has 8 unspecified atom stereocenters. The van der Waals surface area contributed by atoms with Gasteiger partial charge in [0, 0.05) is 23.5 Å². The zero-order valence-electron chi connectivity index (χ0n) is 23.0. The van der Waals surface area contributed by atoms with Crippen molar-refractivity contribution in [1.82, 2.24) is 0 Å². The zero-order chi connectivity index (χ0) is 30.0. The van der Waals surface area contributed by atoms with Crippen LogP contribution in [0, 0.1) is 5.92 Å². The number of fused-ring (bicyclic) bond motifs is 1. The third-order valence-corrected chi connectivity index (χ3v) is 7.48. The largest absolute Gasteiger partial charge is 0.502 e. The Labute approximate surface area is 235 Å². The first-order valence-electron chi connectivity index (χ1n) is 12.8. The van der Waals surface area contributed by atoms with Crippen LogP contribution < -0.4 is 23.7 Å². The molecule has 0 aromatic heterocycles. The molecular formula is C27H36O14.